The fourth-order valence-corrected chi connectivity index (χ4v) is 7.70. The largest absolute Gasteiger partial charge is 0.381 e. The van der Waals surface area contributed by atoms with E-state index in [2.05, 4.69) is 101 Å². The number of nitrogens with one attached hydrogen (secondary N) is 3. The summed E-state index contributed by atoms with van der Waals surface area (Å²) in [5, 5.41) is 15.5. The third kappa shape index (κ3) is 9.24. The Morgan fingerprint density at radius 2 is 1.55 bits per heavy atom. The fraction of sp³-hybridized carbons (Fsp3) is 0.409. The van der Waals surface area contributed by atoms with Crippen molar-refractivity contribution in [2.45, 2.75) is 72.3 Å². The number of carbonyl (C=O) groups is 2. The Bertz CT molecular complexity index is 2130. The van der Waals surface area contributed by atoms with Crippen LogP contribution in [0, 0.1) is 6.92 Å². The van der Waals surface area contributed by atoms with Gasteiger partial charge >= 0.3 is 0 Å². The highest BCUT2D eigenvalue weighted by Crippen LogP contribution is 2.31. The molecule has 0 saturated carbocycles. The molecule has 2 amide bonds. The minimum absolute atomic E-state index is 0.231. The second-order valence-corrected chi connectivity index (χ2v) is 14.9. The number of benzene rings is 3. The summed E-state index contributed by atoms with van der Waals surface area (Å²) >= 11 is 0. The van der Waals surface area contributed by atoms with Gasteiger partial charge in [0.15, 0.2) is 5.65 Å². The monoisotopic (exact) mass is 742 g/mol. The lowest BCUT2D eigenvalue weighted by Crippen LogP contribution is -2.43. The molecule has 0 radical (unpaired) electrons. The average Bonchev–Trinajstić information content (AvgIpc) is 3.63. The topological polar surface area (TPSA) is 117 Å². The van der Waals surface area contributed by atoms with E-state index in [1.54, 1.807) is 24.3 Å². The fourth-order valence-electron chi connectivity index (χ4n) is 7.70. The number of aromatic nitrogens is 3. The van der Waals surface area contributed by atoms with Crippen LogP contribution in [-0.4, -0.2) is 88.9 Å². The van der Waals surface area contributed by atoms with Crippen molar-refractivity contribution in [3.8, 4) is 11.1 Å². The number of pyridine rings is 1. The molecule has 11 nitrogen and oxygen atoms in total. The minimum atomic E-state index is -0.253. The SMILES string of the molecule is CCc1nc2c(cnn2CC)c(NC2CCOCC2)c1CNC(=O)c1cccc(C(=O)NCc2cc(C)cc(-c3cccc(CN4CCN(C)CC4)c3)c2)c1. The Morgan fingerprint density at radius 1 is 0.836 bits per heavy atom. The van der Waals surface area contributed by atoms with E-state index >= 15 is 0 Å². The van der Waals surface area contributed by atoms with Gasteiger partial charge in [-0.1, -0.05) is 48.9 Å². The average molecular weight is 743 g/mol. The Kier molecular flexibility index (Phi) is 12.2. The first kappa shape index (κ1) is 38.2. The number of hydrogen-bond donors (Lipinski definition) is 3. The van der Waals surface area contributed by atoms with Crippen molar-refractivity contribution in [1.29, 1.82) is 0 Å². The first-order valence-corrected chi connectivity index (χ1v) is 19.8. The minimum Gasteiger partial charge on any atom is -0.381 e. The van der Waals surface area contributed by atoms with Gasteiger partial charge in [0.1, 0.15) is 0 Å². The van der Waals surface area contributed by atoms with Crippen molar-refractivity contribution < 1.29 is 14.3 Å². The number of ether oxygens (including phenoxy) is 1. The summed E-state index contributed by atoms with van der Waals surface area (Å²) in [7, 11) is 2.18. The zero-order chi connectivity index (χ0) is 38.3. The van der Waals surface area contributed by atoms with Gasteiger partial charge in [-0.3, -0.25) is 14.5 Å². The Labute approximate surface area is 324 Å². The molecule has 11 heteroatoms. The summed E-state index contributed by atoms with van der Waals surface area (Å²) in [4.78, 5) is 37.0. The van der Waals surface area contributed by atoms with Gasteiger partial charge in [0, 0.05) is 94.0 Å². The molecular weight excluding hydrogens is 689 g/mol. The molecule has 5 aromatic rings. The van der Waals surface area contributed by atoms with Crippen LogP contribution in [0.5, 0.6) is 0 Å². The summed E-state index contributed by atoms with van der Waals surface area (Å²) in [6.45, 7) is 14.4. The van der Waals surface area contributed by atoms with Crippen molar-refractivity contribution in [2.75, 3.05) is 51.8 Å². The molecule has 2 fully saturated rings. The van der Waals surface area contributed by atoms with Gasteiger partial charge in [0.2, 0.25) is 0 Å². The van der Waals surface area contributed by atoms with Crippen LogP contribution in [0.3, 0.4) is 0 Å². The molecule has 0 spiro atoms. The number of piperazine rings is 1. The molecule has 0 bridgehead atoms. The number of amides is 2. The first-order valence-electron chi connectivity index (χ1n) is 19.8. The maximum Gasteiger partial charge on any atom is 0.251 e. The van der Waals surface area contributed by atoms with E-state index < -0.39 is 0 Å². The summed E-state index contributed by atoms with van der Waals surface area (Å²) in [6.07, 6.45) is 4.39. The molecule has 0 aliphatic carbocycles. The van der Waals surface area contributed by atoms with Gasteiger partial charge in [-0.15, -0.1) is 0 Å². The van der Waals surface area contributed by atoms with E-state index in [1.807, 2.05) is 10.9 Å². The lowest BCUT2D eigenvalue weighted by atomic mass is 9.98. The Balaban J connectivity index is 1.02. The van der Waals surface area contributed by atoms with Gasteiger partial charge in [0.25, 0.3) is 11.8 Å². The van der Waals surface area contributed by atoms with E-state index in [0.29, 0.717) is 37.2 Å². The van der Waals surface area contributed by atoms with Crippen LogP contribution in [0.1, 0.15) is 75.4 Å². The number of hydrogen-bond acceptors (Lipinski definition) is 8. The lowest BCUT2D eigenvalue weighted by Gasteiger charge is -2.32. The molecule has 7 rings (SSSR count). The van der Waals surface area contributed by atoms with E-state index in [1.165, 1.54) is 11.1 Å². The van der Waals surface area contributed by atoms with Crippen molar-refractivity contribution in [3.05, 3.63) is 112 Å². The highest BCUT2D eigenvalue weighted by Gasteiger charge is 2.23. The number of rotatable bonds is 13. The molecule has 55 heavy (non-hydrogen) atoms. The third-order valence-electron chi connectivity index (χ3n) is 10.8. The highest BCUT2D eigenvalue weighted by molar-refractivity contribution is 6.00. The van der Waals surface area contributed by atoms with Gasteiger partial charge in [-0.05, 0) is 92.7 Å². The van der Waals surface area contributed by atoms with E-state index in [4.69, 9.17) is 9.72 Å². The molecule has 0 unspecified atom stereocenters. The quantitative estimate of drug-likeness (QED) is 0.131. The highest BCUT2D eigenvalue weighted by atomic mass is 16.5. The van der Waals surface area contributed by atoms with Crippen LogP contribution in [0.2, 0.25) is 0 Å². The molecule has 288 valence electrons. The number of fused-ring (bicyclic) bond motifs is 1. The molecule has 4 heterocycles. The van der Waals surface area contributed by atoms with Gasteiger partial charge in [0.05, 0.1) is 17.3 Å². The number of carbonyl (C=O) groups excluding carboxylic acids is 2. The Morgan fingerprint density at radius 3 is 2.27 bits per heavy atom. The molecule has 2 aliphatic heterocycles. The van der Waals surface area contributed by atoms with Crippen LogP contribution in [0.4, 0.5) is 5.69 Å². The standard InChI is InChI=1S/C44H54N8O3/c1-5-40-38(41(48-37-13-19-55-20-14-37)39-28-47-52(6-2)42(39)49-40)27-46-44(54)35-12-8-11-34(25-35)43(53)45-26-32-21-30(3)22-36(24-32)33-10-7-9-31(23-33)29-51-17-15-50(4)16-18-51/h7-12,21-25,28,37H,5-6,13-20,26-27,29H2,1-4H3,(H,45,53)(H,46,54)(H,48,49). The summed E-state index contributed by atoms with van der Waals surface area (Å²) in [5.41, 5.74) is 10.3. The molecule has 2 aliphatic rings. The van der Waals surface area contributed by atoms with Crippen LogP contribution >= 0.6 is 0 Å². The van der Waals surface area contributed by atoms with Gasteiger partial charge < -0.3 is 25.6 Å². The van der Waals surface area contributed by atoms with Gasteiger partial charge in [-0.2, -0.15) is 5.10 Å². The predicted molar refractivity (Wildman–Crippen MR) is 218 cm³/mol. The van der Waals surface area contributed by atoms with Crippen LogP contribution in [-0.2, 0) is 37.3 Å². The summed E-state index contributed by atoms with van der Waals surface area (Å²) in [5.74, 6) is -0.484. The second kappa shape index (κ2) is 17.6. The van der Waals surface area contributed by atoms with Crippen LogP contribution < -0.4 is 16.0 Å². The van der Waals surface area contributed by atoms with E-state index in [0.717, 1.165) is 103 Å². The Hall–Kier alpha value is -5.10. The van der Waals surface area contributed by atoms with E-state index in [-0.39, 0.29) is 17.9 Å². The maximum absolute atomic E-state index is 13.6. The second-order valence-electron chi connectivity index (χ2n) is 14.9. The zero-order valence-corrected chi connectivity index (χ0v) is 32.7. The van der Waals surface area contributed by atoms with Crippen molar-refractivity contribution in [2.24, 2.45) is 0 Å². The molecule has 2 aromatic heterocycles. The number of likely N-dealkylation sites (N-methyl/N-ethyl adjacent to an activating group) is 1. The number of nitrogens with zero attached hydrogens (tertiary/aromatic N) is 5. The molecule has 3 aromatic carbocycles. The molecule has 3 N–H and O–H groups in total. The first-order chi connectivity index (χ1) is 26.8. The summed E-state index contributed by atoms with van der Waals surface area (Å²) < 4.78 is 7.52. The number of anilines is 1. The maximum atomic E-state index is 13.6. The van der Waals surface area contributed by atoms with E-state index in [9.17, 15) is 9.59 Å². The predicted octanol–water partition coefficient (Wildman–Crippen LogP) is 6.19. The zero-order valence-electron chi connectivity index (χ0n) is 32.7. The van der Waals surface area contributed by atoms with Crippen LogP contribution in [0.25, 0.3) is 22.2 Å². The third-order valence-corrected chi connectivity index (χ3v) is 10.8. The van der Waals surface area contributed by atoms with Crippen LogP contribution in [0.15, 0.2) is 72.9 Å². The number of aryl methyl sites for hydroxylation is 3. The van der Waals surface area contributed by atoms with Gasteiger partial charge in [-0.25, -0.2) is 9.67 Å². The molecule has 0 atom stereocenters. The summed E-state index contributed by atoms with van der Waals surface area (Å²) in [6, 6.07) is 22.4. The van der Waals surface area contributed by atoms with Crippen molar-refractivity contribution >= 4 is 28.5 Å². The normalized spacial score (nSPS) is 15.6. The van der Waals surface area contributed by atoms with Crippen molar-refractivity contribution in [1.82, 2.24) is 35.2 Å². The molecule has 2 saturated heterocycles. The lowest BCUT2D eigenvalue weighted by molar-refractivity contribution is 0.0904. The smallest absolute Gasteiger partial charge is 0.251 e. The van der Waals surface area contributed by atoms with Crippen molar-refractivity contribution in [3.63, 3.8) is 0 Å². The molecular formula is C44H54N8O3.